The van der Waals surface area contributed by atoms with Gasteiger partial charge < -0.3 is 10.1 Å². The van der Waals surface area contributed by atoms with Gasteiger partial charge in [-0.2, -0.15) is 0 Å². The largest absolute Gasteiger partial charge is 0.493 e. The van der Waals surface area contributed by atoms with Crippen LogP contribution in [0.3, 0.4) is 0 Å². The van der Waals surface area contributed by atoms with Crippen LogP contribution in [-0.4, -0.2) is 24.8 Å². The van der Waals surface area contributed by atoms with Crippen molar-refractivity contribution in [1.29, 1.82) is 0 Å². The molecule has 0 atom stereocenters. The zero-order chi connectivity index (χ0) is 19.4. The molecule has 0 spiro atoms. The van der Waals surface area contributed by atoms with E-state index in [0.717, 1.165) is 24.3 Å². The second-order valence-electron chi connectivity index (χ2n) is 6.38. The Morgan fingerprint density at radius 1 is 0.857 bits per heavy atom. The van der Waals surface area contributed by atoms with Crippen molar-refractivity contribution in [3.8, 4) is 5.75 Å². The van der Waals surface area contributed by atoms with Crippen molar-refractivity contribution in [2.45, 2.75) is 17.7 Å². The molecule has 0 aliphatic heterocycles. The van der Waals surface area contributed by atoms with Gasteiger partial charge in [-0.25, -0.2) is 0 Å². The van der Waals surface area contributed by atoms with E-state index >= 15 is 0 Å². The van der Waals surface area contributed by atoms with E-state index in [1.54, 1.807) is 11.8 Å². The average molecular weight is 392 g/mol. The molecule has 0 radical (unpaired) electrons. The summed E-state index contributed by atoms with van der Waals surface area (Å²) >= 11 is 1.77. The van der Waals surface area contributed by atoms with Crippen LogP contribution in [0, 0.1) is 0 Å². The molecular formula is C24H25NO2S. The van der Waals surface area contributed by atoms with Crippen LogP contribution in [0.5, 0.6) is 5.75 Å². The molecule has 0 unspecified atom stereocenters. The van der Waals surface area contributed by atoms with E-state index in [4.69, 9.17) is 4.74 Å². The lowest BCUT2D eigenvalue weighted by atomic mass is 10.1. The van der Waals surface area contributed by atoms with Gasteiger partial charge in [0.15, 0.2) is 0 Å². The van der Waals surface area contributed by atoms with Gasteiger partial charge in [0, 0.05) is 22.8 Å². The fourth-order valence-corrected chi connectivity index (χ4v) is 3.53. The highest BCUT2D eigenvalue weighted by Crippen LogP contribution is 2.18. The summed E-state index contributed by atoms with van der Waals surface area (Å²) in [4.78, 5) is 13.5. The minimum atomic E-state index is -0.0424. The van der Waals surface area contributed by atoms with E-state index in [0.29, 0.717) is 18.7 Å². The highest BCUT2D eigenvalue weighted by Gasteiger charge is 2.05. The predicted octanol–water partition coefficient (Wildman–Crippen LogP) is 5.22. The number of amides is 1. The standard InChI is InChI=1S/C24H25NO2S/c26-24(25-17-7-10-20-8-3-1-4-9-20)21-13-15-22(16-14-21)27-18-19-28-23-11-5-2-6-12-23/h1-6,8-9,11-16H,7,10,17-19H2,(H,25,26). The van der Waals surface area contributed by atoms with Gasteiger partial charge in [0.25, 0.3) is 5.91 Å². The molecule has 3 rings (SSSR count). The molecule has 1 N–H and O–H groups in total. The van der Waals surface area contributed by atoms with Crippen LogP contribution >= 0.6 is 11.8 Å². The molecule has 0 fully saturated rings. The second-order valence-corrected chi connectivity index (χ2v) is 7.55. The van der Waals surface area contributed by atoms with Crippen molar-refractivity contribution < 1.29 is 9.53 Å². The summed E-state index contributed by atoms with van der Waals surface area (Å²) in [5.74, 6) is 1.63. The van der Waals surface area contributed by atoms with Crippen LogP contribution in [-0.2, 0) is 6.42 Å². The Balaban J connectivity index is 1.34. The summed E-state index contributed by atoms with van der Waals surface area (Å²) in [6, 6.07) is 27.9. The summed E-state index contributed by atoms with van der Waals surface area (Å²) in [5, 5.41) is 2.98. The number of carbonyl (C=O) groups is 1. The summed E-state index contributed by atoms with van der Waals surface area (Å²) in [5.41, 5.74) is 1.95. The lowest BCUT2D eigenvalue weighted by molar-refractivity contribution is 0.0953. The SMILES string of the molecule is O=C(NCCCc1ccccc1)c1ccc(OCCSc2ccccc2)cc1. The highest BCUT2D eigenvalue weighted by atomic mass is 32.2. The van der Waals surface area contributed by atoms with E-state index in [1.807, 2.05) is 60.7 Å². The first-order chi connectivity index (χ1) is 13.8. The zero-order valence-electron chi connectivity index (χ0n) is 15.8. The molecule has 0 aliphatic rings. The van der Waals surface area contributed by atoms with Gasteiger partial charge in [0.2, 0.25) is 0 Å². The van der Waals surface area contributed by atoms with Gasteiger partial charge >= 0.3 is 0 Å². The second kappa shape index (κ2) is 11.2. The molecule has 0 aliphatic carbocycles. The molecule has 3 nitrogen and oxygen atoms in total. The predicted molar refractivity (Wildman–Crippen MR) is 116 cm³/mol. The van der Waals surface area contributed by atoms with E-state index < -0.39 is 0 Å². The molecule has 0 saturated carbocycles. The number of rotatable bonds is 10. The number of aryl methyl sites for hydroxylation is 1. The Hall–Kier alpha value is -2.72. The molecule has 0 saturated heterocycles. The molecule has 3 aromatic rings. The van der Waals surface area contributed by atoms with Crippen molar-refractivity contribution in [3.63, 3.8) is 0 Å². The third-order valence-electron chi connectivity index (χ3n) is 4.25. The molecule has 1 amide bonds. The van der Waals surface area contributed by atoms with Gasteiger partial charge in [-0.1, -0.05) is 48.5 Å². The van der Waals surface area contributed by atoms with Crippen molar-refractivity contribution >= 4 is 17.7 Å². The van der Waals surface area contributed by atoms with Crippen molar-refractivity contribution in [2.75, 3.05) is 18.9 Å². The summed E-state index contributed by atoms with van der Waals surface area (Å²) in [7, 11) is 0. The van der Waals surface area contributed by atoms with Crippen LogP contribution in [0.4, 0.5) is 0 Å². The highest BCUT2D eigenvalue weighted by molar-refractivity contribution is 7.99. The maximum Gasteiger partial charge on any atom is 0.251 e. The van der Waals surface area contributed by atoms with Crippen molar-refractivity contribution in [2.24, 2.45) is 0 Å². The van der Waals surface area contributed by atoms with Gasteiger partial charge in [0.05, 0.1) is 6.61 Å². The number of nitrogens with one attached hydrogen (secondary N) is 1. The van der Waals surface area contributed by atoms with Gasteiger partial charge in [-0.3, -0.25) is 4.79 Å². The molecule has 0 aromatic heterocycles. The lowest BCUT2D eigenvalue weighted by Gasteiger charge is -2.08. The summed E-state index contributed by atoms with van der Waals surface area (Å²) in [6.45, 7) is 1.30. The molecule has 28 heavy (non-hydrogen) atoms. The number of benzene rings is 3. The number of hydrogen-bond acceptors (Lipinski definition) is 3. The topological polar surface area (TPSA) is 38.3 Å². The van der Waals surface area contributed by atoms with Gasteiger partial charge in [-0.15, -0.1) is 11.8 Å². The lowest BCUT2D eigenvalue weighted by Crippen LogP contribution is -2.24. The minimum Gasteiger partial charge on any atom is -0.493 e. The van der Waals surface area contributed by atoms with E-state index in [2.05, 4.69) is 29.6 Å². The number of ether oxygens (including phenoxy) is 1. The number of thioether (sulfide) groups is 1. The first-order valence-electron chi connectivity index (χ1n) is 9.54. The summed E-state index contributed by atoms with van der Waals surface area (Å²) in [6.07, 6.45) is 1.89. The minimum absolute atomic E-state index is 0.0424. The Bertz CT molecular complexity index is 835. The monoisotopic (exact) mass is 391 g/mol. The molecule has 3 aromatic carbocycles. The fraction of sp³-hybridized carbons (Fsp3) is 0.208. The number of carbonyl (C=O) groups excluding carboxylic acids is 1. The molecule has 4 heteroatoms. The molecule has 0 heterocycles. The first-order valence-corrected chi connectivity index (χ1v) is 10.5. The van der Waals surface area contributed by atoms with Gasteiger partial charge in [0.1, 0.15) is 5.75 Å². The Morgan fingerprint density at radius 2 is 1.54 bits per heavy atom. The van der Waals surface area contributed by atoms with Crippen LogP contribution < -0.4 is 10.1 Å². The normalized spacial score (nSPS) is 10.4. The Morgan fingerprint density at radius 3 is 2.25 bits per heavy atom. The average Bonchev–Trinajstić information content (AvgIpc) is 2.76. The fourth-order valence-electron chi connectivity index (χ4n) is 2.78. The molecule has 144 valence electrons. The van der Waals surface area contributed by atoms with Gasteiger partial charge in [-0.05, 0) is 54.8 Å². The van der Waals surface area contributed by atoms with Crippen LogP contribution in [0.25, 0.3) is 0 Å². The maximum absolute atomic E-state index is 12.2. The van der Waals surface area contributed by atoms with E-state index in [9.17, 15) is 4.79 Å². The van der Waals surface area contributed by atoms with Crippen LogP contribution in [0.1, 0.15) is 22.3 Å². The Labute approximate surface area is 171 Å². The Kier molecular flexibility index (Phi) is 8.01. The molecule has 0 bridgehead atoms. The summed E-state index contributed by atoms with van der Waals surface area (Å²) < 4.78 is 5.76. The smallest absolute Gasteiger partial charge is 0.251 e. The van der Waals surface area contributed by atoms with E-state index in [-0.39, 0.29) is 5.91 Å². The van der Waals surface area contributed by atoms with Crippen LogP contribution in [0.2, 0.25) is 0 Å². The van der Waals surface area contributed by atoms with Crippen molar-refractivity contribution in [1.82, 2.24) is 5.32 Å². The zero-order valence-corrected chi connectivity index (χ0v) is 16.7. The number of hydrogen-bond donors (Lipinski definition) is 1. The first kappa shape index (κ1) is 20.0. The van der Waals surface area contributed by atoms with E-state index in [1.165, 1.54) is 10.5 Å². The third kappa shape index (κ3) is 6.78. The van der Waals surface area contributed by atoms with Crippen LogP contribution in [0.15, 0.2) is 89.8 Å². The van der Waals surface area contributed by atoms with Crippen molar-refractivity contribution in [3.05, 3.63) is 96.1 Å². The molecular weight excluding hydrogens is 366 g/mol. The maximum atomic E-state index is 12.2. The quantitative estimate of drug-likeness (QED) is 0.380. The third-order valence-corrected chi connectivity index (χ3v) is 5.23.